The Hall–Kier alpha value is -3.18. The van der Waals surface area contributed by atoms with Crippen molar-refractivity contribution in [2.75, 3.05) is 23.7 Å². The fourth-order valence-electron chi connectivity index (χ4n) is 3.09. The highest BCUT2D eigenvalue weighted by Crippen LogP contribution is 2.24. The van der Waals surface area contributed by atoms with Gasteiger partial charge in [0.25, 0.3) is 5.69 Å². The molecule has 0 aliphatic rings. The Kier molecular flexibility index (Phi) is 8.77. The number of nitrogens with one attached hydrogen (secondary N) is 1. The van der Waals surface area contributed by atoms with E-state index in [9.17, 15) is 28.1 Å². The van der Waals surface area contributed by atoms with Gasteiger partial charge in [-0.15, -0.1) is 0 Å². The standard InChI is InChI=1S/C21H25ClN4O6S/c1-4-23-21(28)15(2)24(13-16-8-5-6-11-19(16)22)20(27)14-25(33(3,31)32)17-9-7-10-18(12-17)26(29)30/h5-12,15H,4,13-14H2,1-3H3,(H,23,28)/t15-/m0/s1. The minimum Gasteiger partial charge on any atom is -0.355 e. The largest absolute Gasteiger partial charge is 0.355 e. The summed E-state index contributed by atoms with van der Waals surface area (Å²) < 4.78 is 25.7. The first kappa shape index (κ1) is 26.1. The van der Waals surface area contributed by atoms with Crippen LogP contribution in [0.3, 0.4) is 0 Å². The summed E-state index contributed by atoms with van der Waals surface area (Å²) in [4.78, 5) is 37.5. The molecule has 0 saturated heterocycles. The summed E-state index contributed by atoms with van der Waals surface area (Å²) in [5.74, 6) is -1.09. The number of sulfonamides is 1. The first-order chi connectivity index (χ1) is 15.5. The Morgan fingerprint density at radius 2 is 1.85 bits per heavy atom. The average molecular weight is 497 g/mol. The molecule has 33 heavy (non-hydrogen) atoms. The number of anilines is 1. The van der Waals surface area contributed by atoms with Gasteiger partial charge < -0.3 is 10.2 Å². The van der Waals surface area contributed by atoms with Gasteiger partial charge in [-0.25, -0.2) is 8.42 Å². The SMILES string of the molecule is CCNC(=O)[C@H](C)N(Cc1ccccc1Cl)C(=O)CN(c1cccc([N+](=O)[O-])c1)S(C)(=O)=O. The van der Waals surface area contributed by atoms with E-state index >= 15 is 0 Å². The Bertz CT molecular complexity index is 1140. The van der Waals surface area contributed by atoms with Crippen molar-refractivity contribution in [3.8, 4) is 0 Å². The van der Waals surface area contributed by atoms with Crippen LogP contribution in [0.1, 0.15) is 19.4 Å². The molecule has 0 spiro atoms. The predicted octanol–water partition coefficient (Wildman–Crippen LogP) is 2.57. The molecule has 0 aromatic heterocycles. The van der Waals surface area contributed by atoms with E-state index < -0.39 is 39.3 Å². The first-order valence-electron chi connectivity index (χ1n) is 9.98. The number of benzene rings is 2. The third kappa shape index (κ3) is 6.90. The number of hydrogen-bond donors (Lipinski definition) is 1. The van der Waals surface area contributed by atoms with Gasteiger partial charge in [0, 0.05) is 30.2 Å². The van der Waals surface area contributed by atoms with Crippen molar-refractivity contribution in [3.05, 3.63) is 69.2 Å². The molecule has 0 heterocycles. The highest BCUT2D eigenvalue weighted by Gasteiger charge is 2.30. The number of amides is 2. The molecular weight excluding hydrogens is 472 g/mol. The van der Waals surface area contributed by atoms with E-state index in [-0.39, 0.29) is 17.9 Å². The van der Waals surface area contributed by atoms with Gasteiger partial charge in [-0.05, 0) is 31.5 Å². The molecule has 2 amide bonds. The van der Waals surface area contributed by atoms with E-state index in [1.165, 1.54) is 30.0 Å². The van der Waals surface area contributed by atoms with Crippen molar-refractivity contribution in [1.82, 2.24) is 10.2 Å². The normalized spacial score (nSPS) is 12.0. The lowest BCUT2D eigenvalue weighted by Crippen LogP contribution is -2.51. The van der Waals surface area contributed by atoms with E-state index in [2.05, 4.69) is 5.32 Å². The molecule has 10 nitrogen and oxygen atoms in total. The van der Waals surface area contributed by atoms with Gasteiger partial charge in [-0.3, -0.25) is 24.0 Å². The van der Waals surface area contributed by atoms with Gasteiger partial charge in [0.05, 0.1) is 16.9 Å². The Morgan fingerprint density at radius 3 is 2.42 bits per heavy atom. The number of hydrogen-bond acceptors (Lipinski definition) is 6. The molecule has 2 aromatic carbocycles. The number of carbonyl (C=O) groups excluding carboxylic acids is 2. The van der Waals surface area contributed by atoms with Crippen LogP contribution in [-0.2, 0) is 26.2 Å². The van der Waals surface area contributed by atoms with Crippen LogP contribution in [0.4, 0.5) is 11.4 Å². The van der Waals surface area contributed by atoms with Gasteiger partial charge in [-0.2, -0.15) is 0 Å². The Morgan fingerprint density at radius 1 is 1.18 bits per heavy atom. The van der Waals surface area contributed by atoms with Crippen LogP contribution >= 0.6 is 11.6 Å². The van der Waals surface area contributed by atoms with E-state index in [1.807, 2.05) is 0 Å². The molecule has 0 radical (unpaired) electrons. The van der Waals surface area contributed by atoms with E-state index in [4.69, 9.17) is 11.6 Å². The molecule has 12 heteroatoms. The molecule has 0 aliphatic carbocycles. The molecule has 1 atom stereocenters. The van der Waals surface area contributed by atoms with E-state index in [1.54, 1.807) is 31.2 Å². The van der Waals surface area contributed by atoms with Gasteiger partial charge >= 0.3 is 0 Å². The molecule has 1 N–H and O–H groups in total. The van der Waals surface area contributed by atoms with E-state index in [0.29, 0.717) is 17.1 Å². The monoisotopic (exact) mass is 496 g/mol. The number of halogens is 1. The van der Waals surface area contributed by atoms with Gasteiger partial charge in [0.15, 0.2) is 0 Å². The smallest absolute Gasteiger partial charge is 0.271 e. The summed E-state index contributed by atoms with van der Waals surface area (Å²) in [6.45, 7) is 2.91. The van der Waals surface area contributed by atoms with E-state index in [0.717, 1.165) is 16.6 Å². The minimum absolute atomic E-state index is 0.0383. The maximum absolute atomic E-state index is 13.3. The zero-order valence-electron chi connectivity index (χ0n) is 18.4. The van der Waals surface area contributed by atoms with Crippen LogP contribution in [0.5, 0.6) is 0 Å². The number of non-ortho nitro benzene ring substituents is 1. The van der Waals surface area contributed by atoms with Gasteiger partial charge in [-0.1, -0.05) is 35.9 Å². The number of nitrogens with zero attached hydrogens (tertiary/aromatic N) is 3. The number of nitro benzene ring substituents is 1. The summed E-state index contributed by atoms with van der Waals surface area (Å²) >= 11 is 6.23. The first-order valence-corrected chi connectivity index (χ1v) is 12.2. The maximum atomic E-state index is 13.3. The Labute approximate surface area is 197 Å². The number of likely N-dealkylation sites (N-methyl/N-ethyl adjacent to an activating group) is 1. The molecule has 0 unspecified atom stereocenters. The molecule has 178 valence electrons. The van der Waals surface area contributed by atoms with Crippen molar-refractivity contribution in [3.63, 3.8) is 0 Å². The molecule has 0 saturated carbocycles. The summed E-state index contributed by atoms with van der Waals surface area (Å²) in [5.41, 5.74) is 0.213. The van der Waals surface area contributed by atoms with Crippen LogP contribution in [0, 0.1) is 10.1 Å². The lowest BCUT2D eigenvalue weighted by molar-refractivity contribution is -0.384. The zero-order valence-corrected chi connectivity index (χ0v) is 20.0. The van der Waals surface area contributed by atoms with Crippen LogP contribution in [0.2, 0.25) is 5.02 Å². The summed E-state index contributed by atoms with van der Waals surface area (Å²) in [5, 5.41) is 14.2. The van der Waals surface area contributed by atoms with Crippen molar-refractivity contribution in [2.45, 2.75) is 26.4 Å². The fourth-order valence-corrected chi connectivity index (χ4v) is 4.13. The fraction of sp³-hybridized carbons (Fsp3) is 0.333. The number of rotatable bonds is 10. The summed E-state index contributed by atoms with van der Waals surface area (Å²) in [7, 11) is -3.99. The molecule has 2 rings (SSSR count). The second-order valence-electron chi connectivity index (χ2n) is 7.23. The molecule has 0 aliphatic heterocycles. The van der Waals surface area contributed by atoms with Crippen molar-refractivity contribution in [2.24, 2.45) is 0 Å². The number of nitro groups is 1. The number of carbonyl (C=O) groups is 2. The summed E-state index contributed by atoms with van der Waals surface area (Å²) in [6.07, 6.45) is 0.894. The summed E-state index contributed by atoms with van der Waals surface area (Å²) in [6, 6.07) is 10.8. The topological polar surface area (TPSA) is 130 Å². The van der Waals surface area contributed by atoms with Gasteiger partial charge in [0.2, 0.25) is 21.8 Å². The lowest BCUT2D eigenvalue weighted by atomic mass is 10.1. The van der Waals surface area contributed by atoms with Gasteiger partial charge in [0.1, 0.15) is 12.6 Å². The Balaban J connectivity index is 2.44. The third-order valence-electron chi connectivity index (χ3n) is 4.82. The second kappa shape index (κ2) is 11.1. The van der Waals surface area contributed by atoms with Crippen molar-refractivity contribution >= 4 is 44.8 Å². The maximum Gasteiger partial charge on any atom is 0.271 e. The predicted molar refractivity (Wildman–Crippen MR) is 125 cm³/mol. The van der Waals surface area contributed by atoms with Crippen LogP contribution in [0.25, 0.3) is 0 Å². The minimum atomic E-state index is -3.99. The molecule has 0 bridgehead atoms. The lowest BCUT2D eigenvalue weighted by Gasteiger charge is -2.31. The average Bonchev–Trinajstić information content (AvgIpc) is 2.75. The van der Waals surface area contributed by atoms with Crippen molar-refractivity contribution in [1.29, 1.82) is 0 Å². The highest BCUT2D eigenvalue weighted by molar-refractivity contribution is 7.92. The molecule has 2 aromatic rings. The molecular formula is C21H25ClN4O6S. The van der Waals surface area contributed by atoms with Crippen LogP contribution in [-0.4, -0.2) is 55.4 Å². The van der Waals surface area contributed by atoms with Crippen molar-refractivity contribution < 1.29 is 22.9 Å². The third-order valence-corrected chi connectivity index (χ3v) is 6.33. The second-order valence-corrected chi connectivity index (χ2v) is 9.54. The van der Waals surface area contributed by atoms with Crippen LogP contribution < -0.4 is 9.62 Å². The van der Waals surface area contributed by atoms with Crippen LogP contribution in [0.15, 0.2) is 48.5 Å². The quantitative estimate of drug-likeness (QED) is 0.397. The molecule has 0 fully saturated rings. The zero-order chi connectivity index (χ0) is 24.8. The highest BCUT2D eigenvalue weighted by atomic mass is 35.5.